The minimum absolute atomic E-state index is 0.499. The van der Waals surface area contributed by atoms with E-state index < -0.39 is 52.5 Å². The number of anilines is 1. The Morgan fingerprint density at radius 1 is 1.00 bits per heavy atom. The van der Waals surface area contributed by atoms with E-state index >= 15 is 0 Å². The number of amides is 1. The van der Waals surface area contributed by atoms with Gasteiger partial charge in [-0.15, -0.1) is 0 Å². The van der Waals surface area contributed by atoms with Crippen LogP contribution in [0.2, 0.25) is 0 Å². The molecule has 1 N–H and O–H groups in total. The molecule has 1 aromatic rings. The van der Waals surface area contributed by atoms with Crippen LogP contribution in [0.15, 0.2) is 0 Å². The molecule has 1 unspecified atom stereocenters. The van der Waals surface area contributed by atoms with Crippen molar-refractivity contribution in [2.75, 3.05) is 5.32 Å². The number of halogens is 5. The molecular formula is C12H9F5N2O. The third kappa shape index (κ3) is 2.71. The van der Waals surface area contributed by atoms with Crippen LogP contribution in [0.3, 0.4) is 0 Å². The van der Waals surface area contributed by atoms with Gasteiger partial charge >= 0.3 is 0 Å². The van der Waals surface area contributed by atoms with Gasteiger partial charge in [0.05, 0.1) is 6.07 Å². The molecule has 1 aromatic carbocycles. The number of nitriles is 1. The van der Waals surface area contributed by atoms with Crippen LogP contribution in [0.5, 0.6) is 0 Å². The second-order valence-corrected chi connectivity index (χ2v) is 4.28. The SMILES string of the molecule is CC(C)C(C#N)C(=O)Nc1c(F)c(F)c(F)c(F)c1F. The number of nitrogens with zero attached hydrogens (tertiary/aromatic N) is 1. The number of benzene rings is 1. The summed E-state index contributed by atoms with van der Waals surface area (Å²) in [6, 6.07) is 1.58. The first-order chi connectivity index (χ1) is 9.22. The summed E-state index contributed by atoms with van der Waals surface area (Å²) >= 11 is 0. The fourth-order valence-corrected chi connectivity index (χ4v) is 1.43. The van der Waals surface area contributed by atoms with Gasteiger partial charge in [0, 0.05) is 0 Å². The van der Waals surface area contributed by atoms with Gasteiger partial charge in [0.25, 0.3) is 0 Å². The summed E-state index contributed by atoms with van der Waals surface area (Å²) in [4.78, 5) is 11.6. The first-order valence-electron chi connectivity index (χ1n) is 5.44. The van der Waals surface area contributed by atoms with E-state index in [1.807, 2.05) is 0 Å². The summed E-state index contributed by atoms with van der Waals surface area (Å²) in [7, 11) is 0. The highest BCUT2D eigenvalue weighted by atomic mass is 19.2. The zero-order chi connectivity index (χ0) is 15.6. The van der Waals surface area contributed by atoms with E-state index in [4.69, 9.17) is 5.26 Å². The van der Waals surface area contributed by atoms with Gasteiger partial charge in [0.15, 0.2) is 23.3 Å². The molecule has 0 aliphatic heterocycles. The standard InChI is InChI=1S/C12H9F5N2O/c1-4(2)5(3-18)12(20)19-11-9(16)7(14)6(13)8(15)10(11)17/h4-5H,1-2H3,(H,19,20). The van der Waals surface area contributed by atoms with Crippen molar-refractivity contribution in [2.24, 2.45) is 11.8 Å². The second-order valence-electron chi connectivity index (χ2n) is 4.28. The molecule has 3 nitrogen and oxygen atoms in total. The molecule has 0 fully saturated rings. The molecule has 0 aromatic heterocycles. The van der Waals surface area contributed by atoms with Crippen molar-refractivity contribution < 1.29 is 26.7 Å². The third-order valence-electron chi connectivity index (χ3n) is 2.55. The number of carbonyl (C=O) groups excluding carboxylic acids is 1. The Morgan fingerprint density at radius 3 is 1.75 bits per heavy atom. The van der Waals surface area contributed by atoms with Crippen molar-refractivity contribution in [3.8, 4) is 6.07 Å². The molecule has 1 amide bonds. The van der Waals surface area contributed by atoms with Crippen molar-refractivity contribution in [1.82, 2.24) is 0 Å². The Bertz CT molecular complexity index is 565. The number of rotatable bonds is 3. The summed E-state index contributed by atoms with van der Waals surface area (Å²) < 4.78 is 65.3. The van der Waals surface area contributed by atoms with Crippen LogP contribution in [0.25, 0.3) is 0 Å². The van der Waals surface area contributed by atoms with Crippen LogP contribution in [0.4, 0.5) is 27.6 Å². The van der Waals surface area contributed by atoms with Crippen LogP contribution in [-0.4, -0.2) is 5.91 Å². The largest absolute Gasteiger partial charge is 0.320 e. The van der Waals surface area contributed by atoms with E-state index in [2.05, 4.69) is 0 Å². The zero-order valence-corrected chi connectivity index (χ0v) is 10.4. The Balaban J connectivity index is 3.24. The Kier molecular flexibility index (Phi) is 4.65. The summed E-state index contributed by atoms with van der Waals surface area (Å²) in [6.07, 6.45) is 0. The molecular weight excluding hydrogens is 283 g/mol. The van der Waals surface area contributed by atoms with Gasteiger partial charge in [-0.3, -0.25) is 4.79 Å². The first kappa shape index (κ1) is 15.9. The van der Waals surface area contributed by atoms with Gasteiger partial charge in [-0.25, -0.2) is 22.0 Å². The fraction of sp³-hybridized carbons (Fsp3) is 0.333. The van der Waals surface area contributed by atoms with E-state index in [9.17, 15) is 26.7 Å². The van der Waals surface area contributed by atoms with Gasteiger partial charge in [-0.1, -0.05) is 13.8 Å². The molecule has 0 heterocycles. The van der Waals surface area contributed by atoms with Crippen LogP contribution in [-0.2, 0) is 4.79 Å². The molecule has 0 aliphatic rings. The van der Waals surface area contributed by atoms with E-state index in [-0.39, 0.29) is 0 Å². The smallest absolute Gasteiger partial charge is 0.242 e. The summed E-state index contributed by atoms with van der Waals surface area (Å²) in [5.74, 6) is -13.9. The van der Waals surface area contributed by atoms with Crippen molar-refractivity contribution in [2.45, 2.75) is 13.8 Å². The predicted octanol–water partition coefficient (Wildman–Crippen LogP) is 3.12. The maximum absolute atomic E-state index is 13.3. The maximum Gasteiger partial charge on any atom is 0.242 e. The lowest BCUT2D eigenvalue weighted by atomic mass is 9.96. The highest BCUT2D eigenvalue weighted by Crippen LogP contribution is 2.27. The average Bonchev–Trinajstić information content (AvgIpc) is 2.39. The van der Waals surface area contributed by atoms with Crippen LogP contribution < -0.4 is 5.32 Å². The normalized spacial score (nSPS) is 12.2. The predicted molar refractivity (Wildman–Crippen MR) is 58.8 cm³/mol. The van der Waals surface area contributed by atoms with Gasteiger partial charge in [-0.05, 0) is 5.92 Å². The molecule has 0 radical (unpaired) electrons. The number of carbonyl (C=O) groups is 1. The Morgan fingerprint density at radius 2 is 1.40 bits per heavy atom. The highest BCUT2D eigenvalue weighted by Gasteiger charge is 2.29. The molecule has 0 saturated carbocycles. The molecule has 8 heteroatoms. The van der Waals surface area contributed by atoms with Gasteiger partial charge < -0.3 is 5.32 Å². The lowest BCUT2D eigenvalue weighted by Crippen LogP contribution is -2.27. The molecule has 0 saturated heterocycles. The summed E-state index contributed by atoms with van der Waals surface area (Å²) in [5, 5.41) is 10.3. The monoisotopic (exact) mass is 292 g/mol. The minimum Gasteiger partial charge on any atom is -0.320 e. The molecule has 1 atom stereocenters. The average molecular weight is 292 g/mol. The first-order valence-corrected chi connectivity index (χ1v) is 5.44. The number of hydrogen-bond acceptors (Lipinski definition) is 2. The van der Waals surface area contributed by atoms with Gasteiger partial charge in [0.1, 0.15) is 11.6 Å². The van der Waals surface area contributed by atoms with Crippen molar-refractivity contribution in [3.63, 3.8) is 0 Å². The zero-order valence-electron chi connectivity index (χ0n) is 10.4. The Hall–Kier alpha value is -2.17. The quantitative estimate of drug-likeness (QED) is 0.528. The van der Waals surface area contributed by atoms with E-state index in [0.717, 1.165) is 0 Å². The lowest BCUT2D eigenvalue weighted by molar-refractivity contribution is -0.119. The molecule has 0 bridgehead atoms. The van der Waals surface area contributed by atoms with Gasteiger partial charge in [0.2, 0.25) is 11.7 Å². The summed E-state index contributed by atoms with van der Waals surface area (Å²) in [5.41, 5.74) is -1.47. The number of hydrogen-bond donors (Lipinski definition) is 1. The molecule has 20 heavy (non-hydrogen) atoms. The van der Waals surface area contributed by atoms with E-state index in [1.54, 1.807) is 11.4 Å². The maximum atomic E-state index is 13.3. The van der Waals surface area contributed by atoms with Crippen molar-refractivity contribution in [1.29, 1.82) is 5.26 Å². The van der Waals surface area contributed by atoms with Crippen LogP contribution in [0.1, 0.15) is 13.8 Å². The van der Waals surface area contributed by atoms with E-state index in [0.29, 0.717) is 0 Å². The van der Waals surface area contributed by atoms with Crippen LogP contribution >= 0.6 is 0 Å². The molecule has 108 valence electrons. The molecule has 0 aliphatic carbocycles. The molecule has 1 rings (SSSR count). The lowest BCUT2D eigenvalue weighted by Gasteiger charge is -2.14. The minimum atomic E-state index is -2.32. The second kappa shape index (κ2) is 5.86. The highest BCUT2D eigenvalue weighted by molar-refractivity contribution is 5.94. The summed E-state index contributed by atoms with van der Waals surface area (Å²) in [6.45, 7) is 2.98. The number of nitrogens with one attached hydrogen (secondary N) is 1. The third-order valence-corrected chi connectivity index (χ3v) is 2.55. The van der Waals surface area contributed by atoms with Crippen molar-refractivity contribution in [3.05, 3.63) is 29.1 Å². The van der Waals surface area contributed by atoms with Crippen LogP contribution in [0, 0.1) is 52.3 Å². The van der Waals surface area contributed by atoms with Crippen molar-refractivity contribution >= 4 is 11.6 Å². The topological polar surface area (TPSA) is 52.9 Å². The molecule has 0 spiro atoms. The fourth-order valence-electron chi connectivity index (χ4n) is 1.43. The van der Waals surface area contributed by atoms with Gasteiger partial charge in [-0.2, -0.15) is 5.26 Å². The van der Waals surface area contributed by atoms with E-state index in [1.165, 1.54) is 13.8 Å². The Labute approximate surface area is 111 Å².